The highest BCUT2D eigenvalue weighted by atomic mass is 35.5. The number of amides is 2. The lowest BCUT2D eigenvalue weighted by molar-refractivity contribution is 0.0695. The zero-order valence-electron chi connectivity index (χ0n) is 18.7. The van der Waals surface area contributed by atoms with Crippen molar-refractivity contribution < 1.29 is 9.59 Å². The van der Waals surface area contributed by atoms with Gasteiger partial charge in [0.15, 0.2) is 0 Å². The molecule has 6 nitrogen and oxygen atoms in total. The summed E-state index contributed by atoms with van der Waals surface area (Å²) < 4.78 is 0. The first kappa shape index (κ1) is 23.7. The molecule has 4 rings (SSSR count). The third-order valence-electron chi connectivity index (χ3n) is 6.15. The number of hydrogen-bond acceptors (Lipinski definition) is 4. The summed E-state index contributed by atoms with van der Waals surface area (Å²) in [7, 11) is 1.75. The normalized spacial score (nSPS) is 17.3. The Labute approximate surface area is 208 Å². The van der Waals surface area contributed by atoms with Gasteiger partial charge in [-0.3, -0.25) is 14.6 Å². The molecule has 1 aromatic heterocycles. The topological polar surface area (TPSA) is 77.3 Å². The first-order valence-corrected chi connectivity index (χ1v) is 11.5. The highest BCUT2D eigenvalue weighted by Crippen LogP contribution is 2.35. The number of rotatable bonds is 4. The van der Waals surface area contributed by atoms with Crippen LogP contribution in [-0.4, -0.2) is 52.8 Å². The molecule has 1 aliphatic rings. The van der Waals surface area contributed by atoms with Crippen molar-refractivity contribution in [2.75, 3.05) is 20.1 Å². The van der Waals surface area contributed by atoms with Gasteiger partial charge in [-0.05, 0) is 60.5 Å². The zero-order chi connectivity index (χ0) is 24.4. The molecule has 1 aliphatic heterocycles. The van der Waals surface area contributed by atoms with Gasteiger partial charge in [0.1, 0.15) is 0 Å². The maximum atomic E-state index is 13.3. The van der Waals surface area contributed by atoms with Gasteiger partial charge in [0.2, 0.25) is 0 Å². The highest BCUT2D eigenvalue weighted by molar-refractivity contribution is 6.42. The van der Waals surface area contributed by atoms with Crippen molar-refractivity contribution in [2.45, 2.75) is 18.9 Å². The fourth-order valence-electron chi connectivity index (χ4n) is 4.31. The zero-order valence-corrected chi connectivity index (χ0v) is 20.2. The van der Waals surface area contributed by atoms with Crippen LogP contribution in [0, 0.1) is 18.3 Å². The first-order chi connectivity index (χ1) is 16.3. The molecule has 0 unspecified atom stereocenters. The number of hydrogen-bond donors (Lipinski definition) is 0. The number of halogens is 2. The van der Waals surface area contributed by atoms with Crippen LogP contribution in [-0.2, 0) is 0 Å². The average Bonchev–Trinajstić information content (AvgIpc) is 3.30. The predicted molar refractivity (Wildman–Crippen MR) is 131 cm³/mol. The third-order valence-corrected chi connectivity index (χ3v) is 6.89. The second-order valence-corrected chi connectivity index (χ2v) is 9.23. The summed E-state index contributed by atoms with van der Waals surface area (Å²) in [5.41, 5.74) is 3.26. The number of pyridine rings is 1. The Morgan fingerprint density at radius 1 is 1.03 bits per heavy atom. The molecule has 1 fully saturated rings. The van der Waals surface area contributed by atoms with Crippen LogP contribution in [0.25, 0.3) is 0 Å². The van der Waals surface area contributed by atoms with E-state index in [0.717, 1.165) is 11.1 Å². The minimum Gasteiger partial charge on any atom is -0.336 e. The molecular formula is C26H22Cl2N4O2. The van der Waals surface area contributed by atoms with Crippen LogP contribution in [0.4, 0.5) is 0 Å². The van der Waals surface area contributed by atoms with Crippen LogP contribution in [0.2, 0.25) is 10.0 Å². The molecule has 0 saturated carbocycles. The lowest BCUT2D eigenvalue weighted by Gasteiger charge is -2.29. The summed E-state index contributed by atoms with van der Waals surface area (Å²) in [5, 5.41) is 9.90. The standard InChI is InChI=1S/C26H22Cl2N4O2/c1-16-9-20(13-30-12-16)25(33)31(2)24-15-32(26(34)18-5-3-17(11-29)4-6-18)14-21(24)19-7-8-22(27)23(28)10-19/h3-10,12-13,21,24H,14-15H2,1-2H3/t21-,24+/m0/s1. The van der Waals surface area contributed by atoms with E-state index in [1.165, 1.54) is 0 Å². The quantitative estimate of drug-likeness (QED) is 0.516. The Morgan fingerprint density at radius 2 is 1.76 bits per heavy atom. The van der Waals surface area contributed by atoms with Gasteiger partial charge in [-0.15, -0.1) is 0 Å². The van der Waals surface area contributed by atoms with Crippen molar-refractivity contribution in [1.82, 2.24) is 14.8 Å². The molecule has 1 saturated heterocycles. The van der Waals surface area contributed by atoms with Gasteiger partial charge in [-0.25, -0.2) is 0 Å². The fourth-order valence-corrected chi connectivity index (χ4v) is 4.62. The molecule has 2 atom stereocenters. The van der Waals surface area contributed by atoms with Gasteiger partial charge in [0, 0.05) is 44.0 Å². The van der Waals surface area contributed by atoms with Crippen LogP contribution in [0.1, 0.15) is 43.3 Å². The van der Waals surface area contributed by atoms with E-state index in [4.69, 9.17) is 28.5 Å². The molecule has 2 amide bonds. The molecule has 0 N–H and O–H groups in total. The highest BCUT2D eigenvalue weighted by Gasteiger charge is 2.40. The van der Waals surface area contributed by atoms with Crippen molar-refractivity contribution in [3.05, 3.63) is 98.8 Å². The van der Waals surface area contributed by atoms with E-state index in [0.29, 0.717) is 39.8 Å². The minimum atomic E-state index is -0.285. The molecule has 0 aliphatic carbocycles. The van der Waals surface area contributed by atoms with E-state index in [1.807, 2.05) is 13.0 Å². The van der Waals surface area contributed by atoms with Crippen molar-refractivity contribution >= 4 is 35.0 Å². The summed E-state index contributed by atoms with van der Waals surface area (Å²) in [5.74, 6) is -0.488. The Balaban J connectivity index is 1.66. The van der Waals surface area contributed by atoms with E-state index in [1.54, 1.807) is 71.7 Å². The SMILES string of the molecule is Cc1cncc(C(=O)N(C)[C@@H]2CN(C(=O)c3ccc(C#N)cc3)C[C@H]2c2ccc(Cl)c(Cl)c2)c1. The van der Waals surface area contributed by atoms with Gasteiger partial charge >= 0.3 is 0 Å². The number of carbonyl (C=O) groups is 2. The van der Waals surface area contributed by atoms with E-state index >= 15 is 0 Å². The van der Waals surface area contributed by atoms with Crippen LogP contribution in [0.5, 0.6) is 0 Å². The number of likely N-dealkylation sites (N-methyl/N-ethyl adjacent to an activating group) is 1. The van der Waals surface area contributed by atoms with Gasteiger partial charge in [-0.2, -0.15) is 5.26 Å². The second kappa shape index (κ2) is 9.84. The molecule has 172 valence electrons. The molecule has 0 bridgehead atoms. The van der Waals surface area contributed by atoms with Crippen LogP contribution < -0.4 is 0 Å². The number of benzene rings is 2. The minimum absolute atomic E-state index is 0.157. The lowest BCUT2D eigenvalue weighted by atomic mass is 9.93. The maximum Gasteiger partial charge on any atom is 0.255 e. The Kier molecular flexibility index (Phi) is 6.87. The molecule has 8 heteroatoms. The smallest absolute Gasteiger partial charge is 0.255 e. The molecule has 2 heterocycles. The fraction of sp³-hybridized carbons (Fsp3) is 0.231. The monoisotopic (exact) mass is 492 g/mol. The van der Waals surface area contributed by atoms with E-state index in [-0.39, 0.29) is 23.8 Å². The molecule has 0 spiro atoms. The van der Waals surface area contributed by atoms with Crippen molar-refractivity contribution in [1.29, 1.82) is 5.26 Å². The van der Waals surface area contributed by atoms with Crippen molar-refractivity contribution in [2.24, 2.45) is 0 Å². The predicted octanol–water partition coefficient (Wildman–Crippen LogP) is 4.95. The second-order valence-electron chi connectivity index (χ2n) is 8.41. The van der Waals surface area contributed by atoms with Crippen molar-refractivity contribution in [3.63, 3.8) is 0 Å². The number of carbonyl (C=O) groups excluding carboxylic acids is 2. The number of aromatic nitrogens is 1. The number of nitrogens with zero attached hydrogens (tertiary/aromatic N) is 4. The lowest BCUT2D eigenvalue weighted by Crippen LogP contribution is -2.42. The van der Waals surface area contributed by atoms with E-state index in [2.05, 4.69) is 11.1 Å². The van der Waals surface area contributed by atoms with E-state index < -0.39 is 0 Å². The number of aryl methyl sites for hydroxylation is 1. The number of nitriles is 1. The largest absolute Gasteiger partial charge is 0.336 e. The summed E-state index contributed by atoms with van der Waals surface area (Å²) >= 11 is 12.4. The van der Waals surface area contributed by atoms with Crippen LogP contribution in [0.15, 0.2) is 60.9 Å². The molecule has 0 radical (unpaired) electrons. The molecule has 2 aromatic carbocycles. The van der Waals surface area contributed by atoms with E-state index in [9.17, 15) is 9.59 Å². The summed E-state index contributed by atoms with van der Waals surface area (Å²) in [6.07, 6.45) is 3.25. The summed E-state index contributed by atoms with van der Waals surface area (Å²) in [6, 6.07) is 15.5. The Bertz CT molecular complexity index is 1290. The molecule has 3 aromatic rings. The number of likely N-dealkylation sites (tertiary alicyclic amines) is 1. The van der Waals surface area contributed by atoms with Gasteiger partial charge in [0.05, 0.1) is 33.3 Å². The summed E-state index contributed by atoms with van der Waals surface area (Å²) in [6.45, 7) is 2.65. The summed E-state index contributed by atoms with van der Waals surface area (Å²) in [4.78, 5) is 34.1. The van der Waals surface area contributed by atoms with Crippen LogP contribution in [0.3, 0.4) is 0 Å². The molecule has 34 heavy (non-hydrogen) atoms. The van der Waals surface area contributed by atoms with Gasteiger partial charge in [0.25, 0.3) is 11.8 Å². The average molecular weight is 493 g/mol. The van der Waals surface area contributed by atoms with Gasteiger partial charge < -0.3 is 9.80 Å². The van der Waals surface area contributed by atoms with Gasteiger partial charge in [-0.1, -0.05) is 29.3 Å². The third kappa shape index (κ3) is 4.77. The maximum absolute atomic E-state index is 13.3. The molecular weight excluding hydrogens is 471 g/mol. The first-order valence-electron chi connectivity index (χ1n) is 10.7. The van der Waals surface area contributed by atoms with Crippen LogP contribution >= 0.6 is 23.2 Å². The Hall–Kier alpha value is -3.40. The Morgan fingerprint density at radius 3 is 2.41 bits per heavy atom. The van der Waals surface area contributed by atoms with Crippen molar-refractivity contribution in [3.8, 4) is 6.07 Å².